The lowest BCUT2D eigenvalue weighted by Crippen LogP contribution is -2.05. The van der Waals surface area contributed by atoms with Crippen LogP contribution in [0.4, 0.5) is 5.82 Å². The summed E-state index contributed by atoms with van der Waals surface area (Å²) in [4.78, 5) is 1.09. The standard InChI is InChI=1S/C11H12BrN3OS/c12-8-6-10(17-7-8)9-2-3-11(15-14-9)13-4-1-5-16/h2-3,6-7,16H,1,4-5H2,(H,13,15). The predicted octanol–water partition coefficient (Wildman–Crippen LogP) is 2.76. The lowest BCUT2D eigenvalue weighted by molar-refractivity contribution is 0.292. The number of aromatic nitrogens is 2. The second-order valence-corrected chi connectivity index (χ2v) is 5.26. The van der Waals surface area contributed by atoms with Gasteiger partial charge in [0, 0.05) is 23.0 Å². The highest BCUT2D eigenvalue weighted by Gasteiger charge is 2.03. The zero-order valence-electron chi connectivity index (χ0n) is 9.06. The summed E-state index contributed by atoms with van der Waals surface area (Å²) in [6, 6.07) is 5.85. The Labute approximate surface area is 112 Å². The van der Waals surface area contributed by atoms with Crippen molar-refractivity contribution in [3.05, 3.63) is 28.1 Å². The topological polar surface area (TPSA) is 58.0 Å². The Bertz CT molecular complexity index is 472. The molecular formula is C11H12BrN3OS. The van der Waals surface area contributed by atoms with Gasteiger partial charge in [0.2, 0.25) is 0 Å². The summed E-state index contributed by atoms with van der Waals surface area (Å²) < 4.78 is 1.06. The van der Waals surface area contributed by atoms with Crippen LogP contribution < -0.4 is 5.32 Å². The van der Waals surface area contributed by atoms with Gasteiger partial charge in [0.05, 0.1) is 4.88 Å². The van der Waals surface area contributed by atoms with E-state index in [1.54, 1.807) is 11.3 Å². The molecule has 90 valence electrons. The fourth-order valence-corrected chi connectivity index (χ4v) is 2.69. The number of hydrogen-bond donors (Lipinski definition) is 2. The number of rotatable bonds is 5. The third-order valence-electron chi connectivity index (χ3n) is 2.13. The van der Waals surface area contributed by atoms with Crippen LogP contribution in [-0.2, 0) is 0 Å². The van der Waals surface area contributed by atoms with Gasteiger partial charge in [-0.3, -0.25) is 0 Å². The largest absolute Gasteiger partial charge is 0.396 e. The summed E-state index contributed by atoms with van der Waals surface area (Å²) in [5, 5.41) is 22.0. The molecular weight excluding hydrogens is 302 g/mol. The molecule has 0 saturated heterocycles. The van der Waals surface area contributed by atoms with Crippen LogP contribution in [-0.4, -0.2) is 28.5 Å². The van der Waals surface area contributed by atoms with E-state index in [-0.39, 0.29) is 6.61 Å². The minimum atomic E-state index is 0.182. The Morgan fingerprint density at radius 1 is 1.35 bits per heavy atom. The highest BCUT2D eigenvalue weighted by molar-refractivity contribution is 9.10. The first-order valence-electron chi connectivity index (χ1n) is 5.22. The van der Waals surface area contributed by atoms with Crippen molar-refractivity contribution >= 4 is 33.1 Å². The number of thiophene rings is 1. The molecule has 2 rings (SSSR count). The first-order chi connectivity index (χ1) is 8.29. The molecule has 0 fully saturated rings. The number of halogens is 1. The van der Waals surface area contributed by atoms with Gasteiger partial charge in [-0.15, -0.1) is 21.5 Å². The molecule has 2 N–H and O–H groups in total. The van der Waals surface area contributed by atoms with Crippen LogP contribution in [0.3, 0.4) is 0 Å². The zero-order chi connectivity index (χ0) is 12.1. The minimum Gasteiger partial charge on any atom is -0.396 e. The summed E-state index contributed by atoms with van der Waals surface area (Å²) in [5.41, 5.74) is 0.869. The molecule has 0 radical (unpaired) electrons. The van der Waals surface area contributed by atoms with Crippen LogP contribution in [0.5, 0.6) is 0 Å². The van der Waals surface area contributed by atoms with Crippen LogP contribution in [0, 0.1) is 0 Å². The summed E-state index contributed by atoms with van der Waals surface area (Å²) in [6.45, 7) is 0.886. The van der Waals surface area contributed by atoms with Crippen molar-refractivity contribution < 1.29 is 5.11 Å². The number of aliphatic hydroxyl groups excluding tert-OH is 1. The van der Waals surface area contributed by atoms with E-state index < -0.39 is 0 Å². The molecule has 2 aromatic heterocycles. The fourth-order valence-electron chi connectivity index (χ4n) is 1.30. The summed E-state index contributed by atoms with van der Waals surface area (Å²) in [5.74, 6) is 0.734. The van der Waals surface area contributed by atoms with Gasteiger partial charge in [0.25, 0.3) is 0 Å². The zero-order valence-corrected chi connectivity index (χ0v) is 11.5. The van der Waals surface area contributed by atoms with E-state index >= 15 is 0 Å². The van der Waals surface area contributed by atoms with Crippen LogP contribution >= 0.6 is 27.3 Å². The second-order valence-electron chi connectivity index (χ2n) is 3.44. The third-order valence-corrected chi connectivity index (χ3v) is 3.84. The van der Waals surface area contributed by atoms with Crippen LogP contribution in [0.15, 0.2) is 28.1 Å². The Kier molecular flexibility index (Phi) is 4.47. The molecule has 2 aromatic rings. The molecule has 2 heterocycles. The van der Waals surface area contributed by atoms with Crippen molar-refractivity contribution in [3.63, 3.8) is 0 Å². The van der Waals surface area contributed by atoms with Gasteiger partial charge in [-0.25, -0.2) is 0 Å². The van der Waals surface area contributed by atoms with Crippen molar-refractivity contribution in [2.75, 3.05) is 18.5 Å². The molecule has 0 atom stereocenters. The SMILES string of the molecule is OCCCNc1ccc(-c2cc(Br)cs2)nn1. The van der Waals surface area contributed by atoms with Crippen molar-refractivity contribution in [2.24, 2.45) is 0 Å². The van der Waals surface area contributed by atoms with E-state index in [9.17, 15) is 0 Å². The Morgan fingerprint density at radius 3 is 2.82 bits per heavy atom. The van der Waals surface area contributed by atoms with Gasteiger partial charge in [0.15, 0.2) is 0 Å². The fraction of sp³-hybridized carbons (Fsp3) is 0.273. The highest BCUT2D eigenvalue weighted by atomic mass is 79.9. The summed E-state index contributed by atoms with van der Waals surface area (Å²) in [6.07, 6.45) is 0.710. The highest BCUT2D eigenvalue weighted by Crippen LogP contribution is 2.28. The smallest absolute Gasteiger partial charge is 0.148 e. The number of hydrogen-bond acceptors (Lipinski definition) is 5. The molecule has 0 unspecified atom stereocenters. The molecule has 0 saturated carbocycles. The molecule has 0 aromatic carbocycles. The lowest BCUT2D eigenvalue weighted by atomic mass is 10.3. The maximum atomic E-state index is 8.66. The Hall–Kier alpha value is -0.980. The third kappa shape index (κ3) is 3.49. The van der Waals surface area contributed by atoms with Crippen molar-refractivity contribution in [2.45, 2.75) is 6.42 Å². The first-order valence-corrected chi connectivity index (χ1v) is 6.90. The van der Waals surface area contributed by atoms with Crippen LogP contribution in [0.2, 0.25) is 0 Å². The number of anilines is 1. The molecule has 4 nitrogen and oxygen atoms in total. The summed E-state index contributed by atoms with van der Waals surface area (Å²) in [7, 11) is 0. The Morgan fingerprint density at radius 2 is 2.24 bits per heavy atom. The monoisotopic (exact) mass is 313 g/mol. The van der Waals surface area contributed by atoms with Gasteiger partial charge < -0.3 is 10.4 Å². The molecule has 0 aliphatic heterocycles. The summed E-state index contributed by atoms with van der Waals surface area (Å²) >= 11 is 5.04. The van der Waals surface area contributed by atoms with Crippen LogP contribution in [0.1, 0.15) is 6.42 Å². The number of aliphatic hydroxyl groups is 1. The number of nitrogens with zero attached hydrogens (tertiary/aromatic N) is 2. The molecule has 0 bridgehead atoms. The van der Waals surface area contributed by atoms with Gasteiger partial charge in [-0.2, -0.15) is 0 Å². The molecule has 0 aliphatic carbocycles. The normalized spacial score (nSPS) is 10.5. The Balaban J connectivity index is 2.02. The molecule has 0 spiro atoms. The van der Waals surface area contributed by atoms with Gasteiger partial charge in [-0.05, 0) is 40.5 Å². The maximum absolute atomic E-state index is 8.66. The lowest BCUT2D eigenvalue weighted by Gasteiger charge is -2.03. The van der Waals surface area contributed by atoms with E-state index in [4.69, 9.17) is 5.11 Å². The van der Waals surface area contributed by atoms with Gasteiger partial charge in [-0.1, -0.05) is 0 Å². The average Bonchev–Trinajstić information content (AvgIpc) is 2.77. The van der Waals surface area contributed by atoms with Crippen molar-refractivity contribution in [1.82, 2.24) is 10.2 Å². The molecule has 0 amide bonds. The predicted molar refractivity (Wildman–Crippen MR) is 73.2 cm³/mol. The van der Waals surface area contributed by atoms with Crippen molar-refractivity contribution in [1.29, 1.82) is 0 Å². The number of nitrogens with one attached hydrogen (secondary N) is 1. The maximum Gasteiger partial charge on any atom is 0.148 e. The van der Waals surface area contributed by atoms with E-state index in [0.29, 0.717) is 13.0 Å². The van der Waals surface area contributed by atoms with E-state index in [2.05, 4.69) is 31.4 Å². The quantitative estimate of drug-likeness (QED) is 0.833. The average molecular weight is 314 g/mol. The van der Waals surface area contributed by atoms with Crippen molar-refractivity contribution in [3.8, 4) is 10.6 Å². The van der Waals surface area contributed by atoms with E-state index in [0.717, 1.165) is 20.9 Å². The molecule has 6 heteroatoms. The van der Waals surface area contributed by atoms with E-state index in [1.165, 1.54) is 0 Å². The molecule has 17 heavy (non-hydrogen) atoms. The van der Waals surface area contributed by atoms with E-state index in [1.807, 2.05) is 23.6 Å². The van der Waals surface area contributed by atoms with Crippen LogP contribution in [0.25, 0.3) is 10.6 Å². The minimum absolute atomic E-state index is 0.182. The molecule has 0 aliphatic rings. The second kappa shape index (κ2) is 6.09. The first kappa shape index (κ1) is 12.5. The van der Waals surface area contributed by atoms with Gasteiger partial charge in [0.1, 0.15) is 11.5 Å². The van der Waals surface area contributed by atoms with Gasteiger partial charge >= 0.3 is 0 Å².